The van der Waals surface area contributed by atoms with Gasteiger partial charge in [0.05, 0.1) is 6.10 Å². The summed E-state index contributed by atoms with van der Waals surface area (Å²) in [6, 6.07) is 3.76. The largest absolute Gasteiger partial charge is 0.474 e. The van der Waals surface area contributed by atoms with Crippen molar-refractivity contribution in [2.45, 2.75) is 25.4 Å². The van der Waals surface area contributed by atoms with Gasteiger partial charge in [0, 0.05) is 17.3 Å². The molecule has 5 heteroatoms. The number of nitrogens with zero attached hydrogens (tertiary/aromatic N) is 2. The molecule has 17 heavy (non-hydrogen) atoms. The molecule has 1 atom stereocenters. The zero-order chi connectivity index (χ0) is 12.1. The number of aromatic nitrogens is 1. The predicted octanol–water partition coefficient (Wildman–Crippen LogP) is 2.66. The Morgan fingerprint density at radius 2 is 2.47 bits per heavy atom. The Labute approximate surface area is 109 Å². The van der Waals surface area contributed by atoms with Crippen LogP contribution in [0.4, 0.5) is 0 Å². The summed E-state index contributed by atoms with van der Waals surface area (Å²) in [5.41, 5.74) is 0.440. The summed E-state index contributed by atoms with van der Waals surface area (Å²) in [4.78, 5) is 4.09. The third-order valence-electron chi connectivity index (χ3n) is 2.62. The Balaban J connectivity index is 1.96. The van der Waals surface area contributed by atoms with Gasteiger partial charge in [-0.15, -0.1) is 0 Å². The summed E-state index contributed by atoms with van der Waals surface area (Å²) in [7, 11) is 0. The monoisotopic (exact) mass is 296 g/mol. The van der Waals surface area contributed by atoms with Crippen molar-refractivity contribution in [1.82, 2.24) is 4.98 Å². The molecule has 4 nitrogen and oxygen atoms in total. The van der Waals surface area contributed by atoms with Crippen molar-refractivity contribution in [3.63, 3.8) is 0 Å². The molecule has 1 aromatic rings. The molecule has 0 unspecified atom stereocenters. The fourth-order valence-electron chi connectivity index (χ4n) is 1.73. The van der Waals surface area contributed by atoms with Gasteiger partial charge in [-0.3, -0.25) is 0 Å². The highest BCUT2D eigenvalue weighted by atomic mass is 79.9. The van der Waals surface area contributed by atoms with Crippen molar-refractivity contribution < 1.29 is 9.47 Å². The number of hydrogen-bond donors (Lipinski definition) is 0. The summed E-state index contributed by atoms with van der Waals surface area (Å²) in [6.07, 6.45) is 5.06. The normalized spacial score (nSPS) is 19.6. The van der Waals surface area contributed by atoms with Crippen LogP contribution in [-0.4, -0.2) is 24.3 Å². The van der Waals surface area contributed by atoms with Crippen LogP contribution >= 0.6 is 15.9 Å². The second kappa shape index (κ2) is 5.99. The average molecular weight is 297 g/mol. The molecule has 0 spiro atoms. The highest BCUT2D eigenvalue weighted by Crippen LogP contribution is 2.20. The van der Waals surface area contributed by atoms with E-state index in [1.165, 1.54) is 6.42 Å². The minimum absolute atomic E-state index is 0.126. The first kappa shape index (κ1) is 12.3. The van der Waals surface area contributed by atoms with Crippen LogP contribution < -0.4 is 4.74 Å². The van der Waals surface area contributed by atoms with Gasteiger partial charge in [-0.1, -0.05) is 0 Å². The Kier molecular flexibility index (Phi) is 4.35. The second-order valence-electron chi connectivity index (χ2n) is 3.92. The highest BCUT2D eigenvalue weighted by Gasteiger charge is 2.15. The Hall–Kier alpha value is -1.12. The van der Waals surface area contributed by atoms with Crippen molar-refractivity contribution in [3.05, 3.63) is 22.3 Å². The first-order valence-electron chi connectivity index (χ1n) is 5.59. The lowest BCUT2D eigenvalue weighted by Gasteiger charge is -2.22. The maximum absolute atomic E-state index is 8.96. The van der Waals surface area contributed by atoms with Crippen molar-refractivity contribution in [2.75, 3.05) is 13.2 Å². The van der Waals surface area contributed by atoms with Gasteiger partial charge in [-0.25, -0.2) is 4.98 Å². The molecule has 1 fully saturated rings. The molecule has 1 aromatic heterocycles. The molecule has 0 aliphatic carbocycles. The zero-order valence-corrected chi connectivity index (χ0v) is 10.9. The minimum Gasteiger partial charge on any atom is -0.474 e. The molecule has 2 heterocycles. The van der Waals surface area contributed by atoms with Crippen LogP contribution in [0.15, 0.2) is 16.7 Å². The second-order valence-corrected chi connectivity index (χ2v) is 4.83. The van der Waals surface area contributed by atoms with Gasteiger partial charge < -0.3 is 9.47 Å². The zero-order valence-electron chi connectivity index (χ0n) is 9.36. The van der Waals surface area contributed by atoms with E-state index >= 15 is 0 Å². The number of halogens is 1. The molecule has 0 radical (unpaired) electrons. The van der Waals surface area contributed by atoms with Crippen LogP contribution in [0.1, 0.15) is 24.8 Å². The lowest BCUT2D eigenvalue weighted by Crippen LogP contribution is -2.26. The summed E-state index contributed by atoms with van der Waals surface area (Å²) in [5, 5.41) is 8.96. The van der Waals surface area contributed by atoms with Gasteiger partial charge in [0.25, 0.3) is 0 Å². The van der Waals surface area contributed by atoms with Crippen LogP contribution in [-0.2, 0) is 4.74 Å². The fraction of sp³-hybridized carbons (Fsp3) is 0.500. The number of nitriles is 1. The molecule has 1 aliphatic heterocycles. The molecule has 0 saturated carbocycles. The summed E-state index contributed by atoms with van der Waals surface area (Å²) in [6.45, 7) is 1.26. The lowest BCUT2D eigenvalue weighted by atomic mass is 10.1. The van der Waals surface area contributed by atoms with E-state index in [-0.39, 0.29) is 6.10 Å². The summed E-state index contributed by atoms with van der Waals surface area (Å²) in [5.74, 6) is 0.380. The van der Waals surface area contributed by atoms with E-state index < -0.39 is 0 Å². The van der Waals surface area contributed by atoms with E-state index in [0.717, 1.165) is 23.9 Å². The van der Waals surface area contributed by atoms with E-state index in [2.05, 4.69) is 27.0 Å². The van der Waals surface area contributed by atoms with Crippen molar-refractivity contribution >= 4 is 15.9 Å². The minimum atomic E-state index is 0.126. The first-order chi connectivity index (χ1) is 8.29. The van der Waals surface area contributed by atoms with E-state index in [4.69, 9.17) is 14.7 Å². The third kappa shape index (κ3) is 3.42. The maximum Gasteiger partial charge on any atom is 0.231 e. The van der Waals surface area contributed by atoms with Crippen LogP contribution in [0.25, 0.3) is 0 Å². The fourth-order valence-corrected chi connectivity index (χ4v) is 2.06. The van der Waals surface area contributed by atoms with Crippen LogP contribution in [0, 0.1) is 11.3 Å². The molecule has 0 aromatic carbocycles. The van der Waals surface area contributed by atoms with Gasteiger partial charge in [0.2, 0.25) is 5.88 Å². The molecule has 0 amide bonds. The molecule has 2 rings (SSSR count). The van der Waals surface area contributed by atoms with E-state index in [9.17, 15) is 0 Å². The molecule has 0 N–H and O–H groups in total. The van der Waals surface area contributed by atoms with E-state index in [1.54, 1.807) is 12.3 Å². The Morgan fingerprint density at radius 1 is 1.59 bits per heavy atom. The maximum atomic E-state index is 8.96. The van der Waals surface area contributed by atoms with Crippen molar-refractivity contribution in [3.8, 4) is 11.9 Å². The highest BCUT2D eigenvalue weighted by molar-refractivity contribution is 9.10. The predicted molar refractivity (Wildman–Crippen MR) is 65.7 cm³/mol. The van der Waals surface area contributed by atoms with Gasteiger partial charge in [-0.05, 0) is 41.3 Å². The molecule has 1 aliphatic rings. The topological polar surface area (TPSA) is 55.1 Å². The summed E-state index contributed by atoms with van der Waals surface area (Å²) >= 11 is 3.27. The van der Waals surface area contributed by atoms with E-state index in [0.29, 0.717) is 18.1 Å². The van der Waals surface area contributed by atoms with Crippen LogP contribution in [0.3, 0.4) is 0 Å². The lowest BCUT2D eigenvalue weighted by molar-refractivity contribution is -0.0120. The average Bonchev–Trinajstić information content (AvgIpc) is 2.38. The quantitative estimate of drug-likeness (QED) is 0.860. The van der Waals surface area contributed by atoms with Crippen LogP contribution in [0.5, 0.6) is 5.88 Å². The molecule has 1 saturated heterocycles. The summed E-state index contributed by atoms with van der Waals surface area (Å²) < 4.78 is 11.9. The SMILES string of the molecule is N#Cc1cc(Br)cnc1OC[C@@H]1CCCCO1. The molecular formula is C12H13BrN2O2. The third-order valence-corrected chi connectivity index (χ3v) is 3.05. The van der Waals surface area contributed by atoms with Crippen molar-refractivity contribution in [2.24, 2.45) is 0 Å². The number of hydrogen-bond acceptors (Lipinski definition) is 4. The molecule has 0 bridgehead atoms. The first-order valence-corrected chi connectivity index (χ1v) is 6.39. The Bertz CT molecular complexity index is 425. The van der Waals surface area contributed by atoms with E-state index in [1.807, 2.05) is 0 Å². The molecular weight excluding hydrogens is 284 g/mol. The van der Waals surface area contributed by atoms with Gasteiger partial charge >= 0.3 is 0 Å². The Morgan fingerprint density at radius 3 is 3.18 bits per heavy atom. The van der Waals surface area contributed by atoms with Crippen molar-refractivity contribution in [1.29, 1.82) is 5.26 Å². The van der Waals surface area contributed by atoms with Gasteiger partial charge in [-0.2, -0.15) is 5.26 Å². The number of rotatable bonds is 3. The molecule has 90 valence electrons. The van der Waals surface area contributed by atoms with Crippen LogP contribution in [0.2, 0.25) is 0 Å². The smallest absolute Gasteiger partial charge is 0.231 e. The number of pyridine rings is 1. The number of ether oxygens (including phenoxy) is 2. The van der Waals surface area contributed by atoms with Gasteiger partial charge in [0.15, 0.2) is 0 Å². The van der Waals surface area contributed by atoms with Gasteiger partial charge in [0.1, 0.15) is 18.2 Å². The standard InChI is InChI=1S/C12H13BrN2O2/c13-10-5-9(6-14)12(15-7-10)17-8-11-3-1-2-4-16-11/h5,7,11H,1-4,8H2/t11-/m0/s1.